The van der Waals surface area contributed by atoms with E-state index in [1.54, 1.807) is 10.6 Å². The highest BCUT2D eigenvalue weighted by atomic mass is 16.1. The van der Waals surface area contributed by atoms with E-state index in [1.807, 2.05) is 53.1 Å². The number of nitrogens with one attached hydrogen (secondary N) is 1. The number of piperidine rings is 1. The molecule has 1 aliphatic heterocycles. The summed E-state index contributed by atoms with van der Waals surface area (Å²) in [6.45, 7) is 6.84. The Labute approximate surface area is 204 Å². The first-order chi connectivity index (χ1) is 17.1. The number of nitrogens with two attached hydrogens (primary N) is 1. The van der Waals surface area contributed by atoms with Gasteiger partial charge in [-0.15, -0.1) is 6.58 Å². The Morgan fingerprint density at radius 3 is 2.43 bits per heavy atom. The van der Waals surface area contributed by atoms with Crippen LogP contribution in [0, 0.1) is 0 Å². The summed E-state index contributed by atoms with van der Waals surface area (Å²) >= 11 is 0. The maximum atomic E-state index is 13.9. The van der Waals surface area contributed by atoms with Crippen LogP contribution in [0.1, 0.15) is 24.0 Å². The van der Waals surface area contributed by atoms with Crippen molar-refractivity contribution < 1.29 is 0 Å². The second-order valence-corrected chi connectivity index (χ2v) is 8.98. The molecule has 8 nitrogen and oxygen atoms in total. The summed E-state index contributed by atoms with van der Waals surface area (Å²) in [6, 6.07) is 20.2. The van der Waals surface area contributed by atoms with Gasteiger partial charge in [-0.05, 0) is 24.0 Å². The fraction of sp³-hybridized carbons (Fsp3) is 0.296. The Balaban J connectivity index is 1.63. The van der Waals surface area contributed by atoms with E-state index < -0.39 is 0 Å². The first-order valence-electron chi connectivity index (χ1n) is 12.1. The van der Waals surface area contributed by atoms with E-state index in [9.17, 15) is 4.79 Å². The zero-order valence-corrected chi connectivity index (χ0v) is 19.8. The Morgan fingerprint density at radius 2 is 1.74 bits per heavy atom. The number of allylic oxidation sites excluding steroid dienone is 1. The molecule has 0 radical (unpaired) electrons. The third-order valence-electron chi connectivity index (χ3n) is 6.37. The van der Waals surface area contributed by atoms with E-state index in [-0.39, 0.29) is 11.6 Å². The number of nitrogens with zero attached hydrogens (tertiary/aromatic N) is 5. The van der Waals surface area contributed by atoms with Crippen LogP contribution in [0.5, 0.6) is 0 Å². The van der Waals surface area contributed by atoms with Gasteiger partial charge in [0.15, 0.2) is 11.2 Å². The molecule has 1 atom stereocenters. The van der Waals surface area contributed by atoms with E-state index in [0.29, 0.717) is 43.3 Å². The molecule has 0 saturated carbocycles. The van der Waals surface area contributed by atoms with Gasteiger partial charge in [0.25, 0.3) is 5.56 Å². The Morgan fingerprint density at radius 1 is 1.03 bits per heavy atom. The van der Waals surface area contributed by atoms with Crippen molar-refractivity contribution in [3.8, 4) is 0 Å². The number of imidazole rings is 1. The molecular weight excluding hydrogens is 438 g/mol. The molecule has 4 aromatic rings. The summed E-state index contributed by atoms with van der Waals surface area (Å²) in [5.74, 6) is 1.23. The smallest absolute Gasteiger partial charge is 0.281 e. The molecule has 3 heterocycles. The minimum absolute atomic E-state index is 0.0854. The van der Waals surface area contributed by atoms with Crippen molar-refractivity contribution in [2.75, 3.05) is 23.3 Å². The molecule has 0 spiro atoms. The molecule has 1 aliphatic rings. The van der Waals surface area contributed by atoms with Crippen LogP contribution in [-0.2, 0) is 19.6 Å². The molecule has 1 unspecified atom stereocenters. The Kier molecular flexibility index (Phi) is 6.63. The SMILES string of the molecule is C=CCn1c(NCc2ccccc2)nc2nc(N3CCCC(N)C3)n(Cc3ccccc3)c2c1=O. The molecule has 0 aliphatic carbocycles. The number of hydrogen-bond acceptors (Lipinski definition) is 6. The highest BCUT2D eigenvalue weighted by Crippen LogP contribution is 2.25. The molecule has 1 fully saturated rings. The Bertz CT molecular complexity index is 1360. The summed E-state index contributed by atoms with van der Waals surface area (Å²) in [7, 11) is 0. The molecule has 180 valence electrons. The van der Waals surface area contributed by atoms with Gasteiger partial charge in [-0.1, -0.05) is 66.7 Å². The fourth-order valence-electron chi connectivity index (χ4n) is 4.66. The Hall–Kier alpha value is -3.91. The van der Waals surface area contributed by atoms with Crippen LogP contribution in [0.3, 0.4) is 0 Å². The average molecular weight is 470 g/mol. The number of benzene rings is 2. The van der Waals surface area contributed by atoms with Gasteiger partial charge in [0.1, 0.15) is 0 Å². The van der Waals surface area contributed by atoms with Gasteiger partial charge in [-0.3, -0.25) is 13.9 Å². The van der Waals surface area contributed by atoms with E-state index in [1.165, 1.54) is 0 Å². The van der Waals surface area contributed by atoms with Gasteiger partial charge in [0, 0.05) is 32.2 Å². The molecule has 0 amide bonds. The second-order valence-electron chi connectivity index (χ2n) is 8.98. The number of aromatic nitrogens is 4. The van der Waals surface area contributed by atoms with Crippen LogP contribution in [0.15, 0.2) is 78.1 Å². The zero-order valence-electron chi connectivity index (χ0n) is 19.8. The molecule has 3 N–H and O–H groups in total. The number of anilines is 2. The topological polar surface area (TPSA) is 94.0 Å². The van der Waals surface area contributed by atoms with Crippen LogP contribution < -0.4 is 21.5 Å². The van der Waals surface area contributed by atoms with Crippen molar-refractivity contribution in [1.29, 1.82) is 0 Å². The quantitative estimate of drug-likeness (QED) is 0.384. The second kappa shape index (κ2) is 10.1. The lowest BCUT2D eigenvalue weighted by atomic mass is 10.1. The van der Waals surface area contributed by atoms with Crippen molar-refractivity contribution in [3.05, 3.63) is 94.8 Å². The van der Waals surface area contributed by atoms with Crippen molar-refractivity contribution in [2.24, 2.45) is 5.73 Å². The van der Waals surface area contributed by atoms with Gasteiger partial charge >= 0.3 is 0 Å². The average Bonchev–Trinajstić information content (AvgIpc) is 3.24. The first kappa shape index (κ1) is 22.9. The van der Waals surface area contributed by atoms with Gasteiger partial charge in [-0.2, -0.15) is 9.97 Å². The lowest BCUT2D eigenvalue weighted by molar-refractivity contribution is 0.495. The van der Waals surface area contributed by atoms with Gasteiger partial charge < -0.3 is 16.0 Å². The minimum Gasteiger partial charge on any atom is -0.351 e. The molecule has 35 heavy (non-hydrogen) atoms. The van der Waals surface area contributed by atoms with E-state index in [4.69, 9.17) is 15.7 Å². The third kappa shape index (κ3) is 4.83. The van der Waals surface area contributed by atoms with Crippen LogP contribution in [0.25, 0.3) is 11.2 Å². The van der Waals surface area contributed by atoms with Crippen molar-refractivity contribution in [3.63, 3.8) is 0 Å². The van der Waals surface area contributed by atoms with Crippen molar-refractivity contribution >= 4 is 23.1 Å². The lowest BCUT2D eigenvalue weighted by Crippen LogP contribution is -2.44. The van der Waals surface area contributed by atoms with Crippen LogP contribution in [0.4, 0.5) is 11.9 Å². The van der Waals surface area contributed by atoms with E-state index >= 15 is 0 Å². The van der Waals surface area contributed by atoms with Crippen molar-refractivity contribution in [2.45, 2.75) is 38.5 Å². The van der Waals surface area contributed by atoms with E-state index in [2.05, 4.69) is 28.9 Å². The largest absolute Gasteiger partial charge is 0.351 e. The monoisotopic (exact) mass is 469 g/mol. The molecule has 5 rings (SSSR count). The maximum Gasteiger partial charge on any atom is 0.281 e. The number of rotatable bonds is 8. The highest BCUT2D eigenvalue weighted by molar-refractivity contribution is 5.76. The first-order valence-corrected chi connectivity index (χ1v) is 12.1. The third-order valence-corrected chi connectivity index (χ3v) is 6.37. The minimum atomic E-state index is -0.138. The lowest BCUT2D eigenvalue weighted by Gasteiger charge is -2.31. The highest BCUT2D eigenvalue weighted by Gasteiger charge is 2.26. The summed E-state index contributed by atoms with van der Waals surface area (Å²) in [6.07, 6.45) is 3.70. The summed E-state index contributed by atoms with van der Waals surface area (Å²) < 4.78 is 3.63. The molecule has 0 bridgehead atoms. The zero-order chi connectivity index (χ0) is 24.2. The predicted octanol–water partition coefficient (Wildman–Crippen LogP) is 3.37. The predicted molar refractivity (Wildman–Crippen MR) is 141 cm³/mol. The van der Waals surface area contributed by atoms with Gasteiger partial charge in [-0.25, -0.2) is 0 Å². The molecule has 1 saturated heterocycles. The molecule has 2 aromatic carbocycles. The van der Waals surface area contributed by atoms with Gasteiger partial charge in [0.05, 0.1) is 6.54 Å². The standard InChI is InChI=1S/C27H31N7O/c1-2-15-33-25(35)23-24(30-26(33)29-17-20-10-5-3-6-11-20)31-27(32-16-9-14-22(28)19-32)34(23)18-21-12-7-4-8-13-21/h2-8,10-13,22H,1,9,14-19,28H2,(H,29,30). The molecular formula is C27H31N7O. The number of fused-ring (bicyclic) bond motifs is 1. The number of hydrogen-bond donors (Lipinski definition) is 2. The summed E-state index contributed by atoms with van der Waals surface area (Å²) in [5, 5.41) is 3.33. The van der Waals surface area contributed by atoms with Crippen LogP contribution in [0.2, 0.25) is 0 Å². The summed E-state index contributed by atoms with van der Waals surface area (Å²) in [5.41, 5.74) is 9.28. The normalized spacial score (nSPS) is 15.9. The van der Waals surface area contributed by atoms with Crippen LogP contribution in [-0.4, -0.2) is 38.2 Å². The summed E-state index contributed by atoms with van der Waals surface area (Å²) in [4.78, 5) is 25.7. The van der Waals surface area contributed by atoms with Crippen LogP contribution >= 0.6 is 0 Å². The molecule has 8 heteroatoms. The van der Waals surface area contributed by atoms with Gasteiger partial charge in [0.2, 0.25) is 11.9 Å². The fourth-order valence-corrected chi connectivity index (χ4v) is 4.66. The van der Waals surface area contributed by atoms with E-state index in [0.717, 1.165) is 36.5 Å². The van der Waals surface area contributed by atoms with Crippen molar-refractivity contribution in [1.82, 2.24) is 19.1 Å². The molecule has 2 aromatic heterocycles. The maximum absolute atomic E-state index is 13.9.